The SMILES string of the molecule is CCOCC(O)C(F)(F)C(F)(F)C(F)(F)C(F)(F)F. The van der Waals surface area contributed by atoms with Crippen LogP contribution >= 0.6 is 0 Å². The monoisotopic (exact) mass is 308 g/mol. The summed E-state index contributed by atoms with van der Waals surface area (Å²) in [6, 6.07) is 0. The van der Waals surface area contributed by atoms with Crippen LogP contribution in [0, 0.1) is 0 Å². The number of hydrogen-bond donors (Lipinski definition) is 1. The lowest BCUT2D eigenvalue weighted by Crippen LogP contribution is -2.65. The first-order valence-corrected chi connectivity index (χ1v) is 4.69. The van der Waals surface area contributed by atoms with Crippen LogP contribution in [0.3, 0.4) is 0 Å². The van der Waals surface area contributed by atoms with Crippen molar-refractivity contribution in [3.63, 3.8) is 0 Å². The summed E-state index contributed by atoms with van der Waals surface area (Å²) in [6.45, 7) is -0.658. The second-order valence-corrected chi connectivity index (χ2v) is 3.44. The molecule has 0 heterocycles. The molecule has 0 radical (unpaired) electrons. The Kier molecular flexibility index (Phi) is 5.15. The molecular weight excluding hydrogens is 299 g/mol. The molecule has 0 aromatic heterocycles. The molecule has 0 fully saturated rings. The van der Waals surface area contributed by atoms with Gasteiger partial charge < -0.3 is 9.84 Å². The molecule has 1 N–H and O–H groups in total. The van der Waals surface area contributed by atoms with Gasteiger partial charge in [0.05, 0.1) is 6.61 Å². The Morgan fingerprint density at radius 3 is 1.63 bits per heavy atom. The summed E-state index contributed by atoms with van der Waals surface area (Å²) in [4.78, 5) is 0. The number of rotatable bonds is 6. The molecule has 0 amide bonds. The van der Waals surface area contributed by atoms with Crippen LogP contribution in [-0.2, 0) is 4.74 Å². The minimum absolute atomic E-state index is 0.339. The van der Waals surface area contributed by atoms with Crippen molar-refractivity contribution in [3.8, 4) is 0 Å². The summed E-state index contributed by atoms with van der Waals surface area (Å²) in [5.74, 6) is -19.9. The standard InChI is InChI=1S/C8H9F9O2/c1-2-19-3-4(18)5(9,10)6(11,12)7(13,14)8(15,16)17/h4,18H,2-3H2,1H3. The Morgan fingerprint density at radius 1 is 0.895 bits per heavy atom. The van der Waals surface area contributed by atoms with Crippen LogP contribution < -0.4 is 0 Å². The van der Waals surface area contributed by atoms with Gasteiger partial charge in [0.1, 0.15) is 6.10 Å². The van der Waals surface area contributed by atoms with Gasteiger partial charge >= 0.3 is 23.9 Å². The number of aliphatic hydroxyl groups excluding tert-OH is 1. The smallest absolute Gasteiger partial charge is 0.384 e. The van der Waals surface area contributed by atoms with Gasteiger partial charge in [0.2, 0.25) is 0 Å². The first-order chi connectivity index (χ1) is 8.23. The van der Waals surface area contributed by atoms with Crippen molar-refractivity contribution in [3.05, 3.63) is 0 Å². The minimum atomic E-state index is -7.00. The lowest BCUT2D eigenvalue weighted by atomic mass is 9.99. The Hall–Kier alpha value is -0.710. The highest BCUT2D eigenvalue weighted by atomic mass is 19.4. The number of aliphatic hydroxyl groups is 1. The fraction of sp³-hybridized carbons (Fsp3) is 1.00. The van der Waals surface area contributed by atoms with E-state index in [-0.39, 0.29) is 6.61 Å². The zero-order valence-corrected chi connectivity index (χ0v) is 9.25. The van der Waals surface area contributed by atoms with E-state index in [1.165, 1.54) is 6.92 Å². The van der Waals surface area contributed by atoms with Crippen LogP contribution in [0.2, 0.25) is 0 Å². The maximum absolute atomic E-state index is 12.9. The minimum Gasteiger partial charge on any atom is -0.384 e. The van der Waals surface area contributed by atoms with Crippen LogP contribution in [0.5, 0.6) is 0 Å². The number of hydrogen-bond acceptors (Lipinski definition) is 2. The fourth-order valence-corrected chi connectivity index (χ4v) is 0.931. The molecule has 0 aliphatic rings. The predicted octanol–water partition coefficient (Wildman–Crippen LogP) is 2.85. The summed E-state index contributed by atoms with van der Waals surface area (Å²) in [5.41, 5.74) is 0. The van der Waals surface area contributed by atoms with Gasteiger partial charge in [-0.05, 0) is 6.92 Å². The van der Waals surface area contributed by atoms with Crippen LogP contribution in [0.1, 0.15) is 6.92 Å². The van der Waals surface area contributed by atoms with Crippen molar-refractivity contribution >= 4 is 0 Å². The maximum Gasteiger partial charge on any atom is 0.460 e. The largest absolute Gasteiger partial charge is 0.460 e. The third-order valence-corrected chi connectivity index (χ3v) is 2.07. The van der Waals surface area contributed by atoms with E-state index in [1.807, 2.05) is 0 Å². The van der Waals surface area contributed by atoms with Crippen molar-refractivity contribution in [2.75, 3.05) is 13.2 Å². The van der Waals surface area contributed by atoms with Crippen LogP contribution in [0.15, 0.2) is 0 Å². The second kappa shape index (κ2) is 5.35. The summed E-state index contributed by atoms with van der Waals surface area (Å²) >= 11 is 0. The van der Waals surface area contributed by atoms with Gasteiger partial charge in [0, 0.05) is 6.61 Å². The lowest BCUT2D eigenvalue weighted by Gasteiger charge is -2.35. The van der Waals surface area contributed by atoms with E-state index in [9.17, 15) is 39.5 Å². The normalized spacial score (nSPS) is 16.6. The molecule has 0 aliphatic heterocycles. The first-order valence-electron chi connectivity index (χ1n) is 4.69. The summed E-state index contributed by atoms with van der Waals surface area (Å²) < 4.78 is 115. The lowest BCUT2D eigenvalue weighted by molar-refractivity contribution is -0.407. The van der Waals surface area contributed by atoms with Gasteiger partial charge in [-0.2, -0.15) is 39.5 Å². The van der Waals surface area contributed by atoms with Gasteiger partial charge in [-0.15, -0.1) is 0 Å². The molecule has 19 heavy (non-hydrogen) atoms. The van der Waals surface area contributed by atoms with Gasteiger partial charge in [-0.1, -0.05) is 0 Å². The molecule has 0 aromatic rings. The second-order valence-electron chi connectivity index (χ2n) is 3.44. The first kappa shape index (κ1) is 18.3. The Morgan fingerprint density at radius 2 is 1.32 bits per heavy atom. The maximum atomic E-state index is 12.9. The molecule has 116 valence electrons. The number of ether oxygens (including phenoxy) is 1. The Labute approximate surface area is 101 Å². The quantitative estimate of drug-likeness (QED) is 0.765. The number of alkyl halides is 9. The van der Waals surface area contributed by atoms with Crippen molar-refractivity contribution in [1.82, 2.24) is 0 Å². The zero-order valence-electron chi connectivity index (χ0n) is 9.25. The van der Waals surface area contributed by atoms with E-state index in [1.54, 1.807) is 0 Å². The van der Waals surface area contributed by atoms with Crippen LogP contribution in [-0.4, -0.2) is 48.4 Å². The van der Waals surface area contributed by atoms with E-state index in [2.05, 4.69) is 4.74 Å². The molecule has 0 saturated carbocycles. The Bertz CT molecular complexity index is 299. The summed E-state index contributed by atoms with van der Waals surface area (Å²) in [7, 11) is 0. The summed E-state index contributed by atoms with van der Waals surface area (Å²) in [5, 5.41) is 8.62. The highest BCUT2D eigenvalue weighted by Gasteiger charge is 2.83. The van der Waals surface area contributed by atoms with Crippen LogP contribution in [0.25, 0.3) is 0 Å². The van der Waals surface area contributed by atoms with Crippen molar-refractivity contribution in [2.45, 2.75) is 37.0 Å². The molecule has 0 bridgehead atoms. The fourth-order valence-electron chi connectivity index (χ4n) is 0.931. The van der Waals surface area contributed by atoms with Crippen molar-refractivity contribution < 1.29 is 49.4 Å². The van der Waals surface area contributed by atoms with E-state index in [4.69, 9.17) is 5.11 Å². The van der Waals surface area contributed by atoms with Gasteiger partial charge in [-0.3, -0.25) is 0 Å². The van der Waals surface area contributed by atoms with Gasteiger partial charge in [-0.25, -0.2) is 0 Å². The molecule has 1 atom stereocenters. The van der Waals surface area contributed by atoms with E-state index < -0.39 is 36.7 Å². The molecule has 2 nitrogen and oxygen atoms in total. The topological polar surface area (TPSA) is 29.5 Å². The summed E-state index contributed by atoms with van der Waals surface area (Å²) in [6.07, 6.45) is -10.4. The zero-order chi connectivity index (χ0) is 15.7. The number of halogens is 9. The molecule has 0 spiro atoms. The average Bonchev–Trinajstić information content (AvgIpc) is 2.23. The molecule has 0 aromatic carbocycles. The highest BCUT2D eigenvalue weighted by molar-refractivity contribution is 5.03. The highest BCUT2D eigenvalue weighted by Crippen LogP contribution is 2.53. The molecule has 0 rings (SSSR count). The molecule has 0 aliphatic carbocycles. The Balaban J connectivity index is 5.38. The molecule has 1 unspecified atom stereocenters. The van der Waals surface area contributed by atoms with Crippen LogP contribution in [0.4, 0.5) is 39.5 Å². The van der Waals surface area contributed by atoms with E-state index in [0.29, 0.717) is 0 Å². The predicted molar refractivity (Wildman–Crippen MR) is 43.4 cm³/mol. The average molecular weight is 308 g/mol. The van der Waals surface area contributed by atoms with Gasteiger partial charge in [0.25, 0.3) is 0 Å². The van der Waals surface area contributed by atoms with Crippen molar-refractivity contribution in [1.29, 1.82) is 0 Å². The van der Waals surface area contributed by atoms with E-state index >= 15 is 0 Å². The van der Waals surface area contributed by atoms with Gasteiger partial charge in [0.15, 0.2) is 0 Å². The molecule has 0 saturated heterocycles. The molecular formula is C8H9F9O2. The third-order valence-electron chi connectivity index (χ3n) is 2.07. The third kappa shape index (κ3) is 3.07. The van der Waals surface area contributed by atoms with Crippen molar-refractivity contribution in [2.24, 2.45) is 0 Å². The van der Waals surface area contributed by atoms with E-state index in [0.717, 1.165) is 0 Å². The molecule has 11 heteroatoms.